The van der Waals surface area contributed by atoms with E-state index in [-0.39, 0.29) is 0 Å². The van der Waals surface area contributed by atoms with Crippen LogP contribution in [0.25, 0.3) is 0 Å². The maximum absolute atomic E-state index is 5.37. The van der Waals surface area contributed by atoms with Crippen LogP contribution in [0.4, 0.5) is 0 Å². The van der Waals surface area contributed by atoms with E-state index in [1.807, 2.05) is 14.1 Å². The molecule has 2 heteroatoms. The second kappa shape index (κ2) is 3.70. The second-order valence-electron chi connectivity index (χ2n) is 4.09. The molecule has 0 saturated heterocycles. The highest BCUT2D eigenvalue weighted by molar-refractivity contribution is 7.80. The van der Waals surface area contributed by atoms with Crippen LogP contribution in [0.3, 0.4) is 0 Å². The lowest BCUT2D eigenvalue weighted by Gasteiger charge is -2.13. The molecule has 0 heterocycles. The molecule has 2 rings (SSSR count). The van der Waals surface area contributed by atoms with Gasteiger partial charge in [0.15, 0.2) is 0 Å². The summed E-state index contributed by atoms with van der Waals surface area (Å²) in [6.07, 6.45) is 1.22. The van der Waals surface area contributed by atoms with E-state index in [1.54, 1.807) is 0 Å². The van der Waals surface area contributed by atoms with Crippen LogP contribution in [0.15, 0.2) is 30.3 Å². The van der Waals surface area contributed by atoms with E-state index in [2.05, 4.69) is 35.2 Å². The minimum absolute atomic E-state index is 0.599. The number of hydrogen-bond donors (Lipinski definition) is 0. The summed E-state index contributed by atoms with van der Waals surface area (Å²) in [5, 5.41) is 0. The second-order valence-corrected chi connectivity index (χ2v) is 4.51. The zero-order valence-corrected chi connectivity index (χ0v) is 9.42. The zero-order valence-electron chi connectivity index (χ0n) is 8.60. The molecular formula is C12H15NS. The Morgan fingerprint density at radius 1 is 1.29 bits per heavy atom. The molecule has 1 aromatic rings. The first-order chi connectivity index (χ1) is 6.70. The van der Waals surface area contributed by atoms with Gasteiger partial charge in [0.1, 0.15) is 0 Å². The number of rotatable bonds is 2. The Balaban J connectivity index is 2.03. The van der Waals surface area contributed by atoms with Crippen LogP contribution in [0, 0.1) is 5.92 Å². The first-order valence-electron chi connectivity index (χ1n) is 4.96. The van der Waals surface area contributed by atoms with Gasteiger partial charge in [0.25, 0.3) is 0 Å². The Labute approximate surface area is 90.7 Å². The van der Waals surface area contributed by atoms with Crippen molar-refractivity contribution >= 4 is 17.2 Å². The number of nitrogens with zero attached hydrogens (tertiary/aromatic N) is 1. The van der Waals surface area contributed by atoms with Gasteiger partial charge in [0.05, 0.1) is 4.99 Å². The van der Waals surface area contributed by atoms with Crippen LogP contribution in [-0.4, -0.2) is 24.0 Å². The molecule has 0 aliphatic heterocycles. The number of hydrogen-bond acceptors (Lipinski definition) is 1. The van der Waals surface area contributed by atoms with Crippen LogP contribution >= 0.6 is 12.2 Å². The van der Waals surface area contributed by atoms with E-state index in [0.29, 0.717) is 11.8 Å². The highest BCUT2D eigenvalue weighted by Gasteiger charge is 2.41. The van der Waals surface area contributed by atoms with Gasteiger partial charge in [0.2, 0.25) is 0 Å². The molecule has 1 aromatic carbocycles. The summed E-state index contributed by atoms with van der Waals surface area (Å²) >= 11 is 5.37. The van der Waals surface area contributed by atoms with E-state index in [0.717, 1.165) is 4.99 Å². The average Bonchev–Trinajstić information content (AvgIpc) is 2.97. The van der Waals surface area contributed by atoms with Crippen molar-refractivity contribution in [1.29, 1.82) is 0 Å². The standard InChI is InChI=1S/C12H15NS/c1-13(2)12(14)11-8-10(11)9-6-4-3-5-7-9/h3-7,10-11H,8H2,1-2H3/t10-,11+/m1/s1. The summed E-state index contributed by atoms with van der Waals surface area (Å²) in [6, 6.07) is 10.7. The largest absolute Gasteiger partial charge is 0.372 e. The van der Waals surface area contributed by atoms with Gasteiger partial charge in [0, 0.05) is 20.0 Å². The predicted octanol–water partition coefficient (Wildman–Crippen LogP) is 2.68. The SMILES string of the molecule is CN(C)C(=S)[C@H]1C[C@@H]1c1ccccc1. The van der Waals surface area contributed by atoms with Crippen LogP contribution < -0.4 is 0 Å². The van der Waals surface area contributed by atoms with Crippen LogP contribution in [0.2, 0.25) is 0 Å². The fraction of sp³-hybridized carbons (Fsp3) is 0.417. The molecule has 0 bridgehead atoms. The third-order valence-electron chi connectivity index (χ3n) is 2.78. The number of benzene rings is 1. The molecule has 2 atom stereocenters. The molecule has 1 aliphatic rings. The molecule has 0 spiro atoms. The molecule has 0 N–H and O–H groups in total. The first-order valence-corrected chi connectivity index (χ1v) is 5.37. The minimum atomic E-state index is 0.599. The highest BCUT2D eigenvalue weighted by atomic mass is 32.1. The summed E-state index contributed by atoms with van der Waals surface area (Å²) < 4.78 is 0. The molecule has 1 fully saturated rings. The Hall–Kier alpha value is -0.890. The van der Waals surface area contributed by atoms with Crippen molar-refractivity contribution < 1.29 is 0 Å². The van der Waals surface area contributed by atoms with Crippen molar-refractivity contribution in [2.24, 2.45) is 5.92 Å². The van der Waals surface area contributed by atoms with Gasteiger partial charge in [-0.1, -0.05) is 42.5 Å². The maximum atomic E-state index is 5.37. The molecule has 0 radical (unpaired) electrons. The molecule has 1 nitrogen and oxygen atoms in total. The summed E-state index contributed by atoms with van der Waals surface area (Å²) in [4.78, 5) is 3.15. The van der Waals surface area contributed by atoms with E-state index in [1.165, 1.54) is 12.0 Å². The van der Waals surface area contributed by atoms with Crippen molar-refractivity contribution in [2.75, 3.05) is 14.1 Å². The normalized spacial score (nSPS) is 24.4. The summed E-state index contributed by atoms with van der Waals surface area (Å²) in [7, 11) is 4.06. The Morgan fingerprint density at radius 2 is 1.93 bits per heavy atom. The average molecular weight is 205 g/mol. The van der Waals surface area contributed by atoms with Gasteiger partial charge in [-0.2, -0.15) is 0 Å². The Kier molecular flexibility index (Phi) is 2.55. The maximum Gasteiger partial charge on any atom is 0.0811 e. The van der Waals surface area contributed by atoms with E-state index < -0.39 is 0 Å². The zero-order chi connectivity index (χ0) is 10.1. The first kappa shape index (κ1) is 9.66. The Morgan fingerprint density at radius 3 is 2.50 bits per heavy atom. The van der Waals surface area contributed by atoms with E-state index >= 15 is 0 Å². The fourth-order valence-electron chi connectivity index (χ4n) is 1.87. The third kappa shape index (κ3) is 1.80. The minimum Gasteiger partial charge on any atom is -0.372 e. The molecular weight excluding hydrogens is 190 g/mol. The van der Waals surface area contributed by atoms with E-state index in [4.69, 9.17) is 12.2 Å². The third-order valence-corrected chi connectivity index (χ3v) is 3.44. The van der Waals surface area contributed by atoms with Crippen LogP contribution in [0.1, 0.15) is 17.9 Å². The van der Waals surface area contributed by atoms with Crippen molar-refractivity contribution in [3.63, 3.8) is 0 Å². The predicted molar refractivity (Wildman–Crippen MR) is 63.6 cm³/mol. The van der Waals surface area contributed by atoms with Gasteiger partial charge < -0.3 is 4.90 Å². The monoisotopic (exact) mass is 205 g/mol. The van der Waals surface area contributed by atoms with Gasteiger partial charge in [-0.15, -0.1) is 0 Å². The fourth-order valence-corrected chi connectivity index (χ4v) is 2.13. The van der Waals surface area contributed by atoms with Gasteiger partial charge >= 0.3 is 0 Å². The highest BCUT2D eigenvalue weighted by Crippen LogP contribution is 2.48. The molecule has 0 unspecified atom stereocenters. The van der Waals surface area contributed by atoms with Crippen LogP contribution in [0.5, 0.6) is 0 Å². The Bertz CT molecular complexity index is 331. The quantitative estimate of drug-likeness (QED) is 0.683. The van der Waals surface area contributed by atoms with Crippen molar-refractivity contribution in [2.45, 2.75) is 12.3 Å². The summed E-state index contributed by atoms with van der Waals surface area (Å²) in [5.41, 5.74) is 1.43. The topological polar surface area (TPSA) is 3.24 Å². The van der Waals surface area contributed by atoms with Crippen LogP contribution in [-0.2, 0) is 0 Å². The van der Waals surface area contributed by atoms with Gasteiger partial charge in [-0.3, -0.25) is 0 Å². The lowest BCUT2D eigenvalue weighted by Crippen LogP contribution is -2.21. The summed E-state index contributed by atoms with van der Waals surface area (Å²) in [6.45, 7) is 0. The molecule has 0 amide bonds. The van der Waals surface area contributed by atoms with E-state index in [9.17, 15) is 0 Å². The molecule has 0 aromatic heterocycles. The molecule has 1 saturated carbocycles. The lowest BCUT2D eigenvalue weighted by molar-refractivity contribution is 0.611. The molecule has 74 valence electrons. The summed E-state index contributed by atoms with van der Waals surface area (Å²) in [5.74, 6) is 1.27. The van der Waals surface area contributed by atoms with Crippen molar-refractivity contribution in [3.8, 4) is 0 Å². The molecule has 1 aliphatic carbocycles. The number of thiocarbonyl (C=S) groups is 1. The van der Waals surface area contributed by atoms with Gasteiger partial charge in [-0.25, -0.2) is 0 Å². The lowest BCUT2D eigenvalue weighted by atomic mass is 10.1. The molecule has 14 heavy (non-hydrogen) atoms. The van der Waals surface area contributed by atoms with Gasteiger partial charge in [-0.05, 0) is 17.9 Å². The van der Waals surface area contributed by atoms with Crippen molar-refractivity contribution in [3.05, 3.63) is 35.9 Å². The van der Waals surface area contributed by atoms with Crippen molar-refractivity contribution in [1.82, 2.24) is 4.90 Å². The smallest absolute Gasteiger partial charge is 0.0811 e.